The third-order valence-electron chi connectivity index (χ3n) is 5.61. The van der Waals surface area contributed by atoms with E-state index in [4.69, 9.17) is 0 Å². The van der Waals surface area contributed by atoms with Gasteiger partial charge in [-0.25, -0.2) is 0 Å². The molecule has 2 heteroatoms. The maximum atomic E-state index is 2.29. The van der Waals surface area contributed by atoms with E-state index in [9.17, 15) is 0 Å². The van der Waals surface area contributed by atoms with Crippen LogP contribution in [0.2, 0.25) is 0 Å². The van der Waals surface area contributed by atoms with Crippen molar-refractivity contribution in [3.05, 3.63) is 0 Å². The summed E-state index contributed by atoms with van der Waals surface area (Å²) in [6.45, 7) is 7.22. The molecule has 0 amide bonds. The maximum absolute atomic E-state index is 2.29. The van der Waals surface area contributed by atoms with Crippen LogP contribution in [0.3, 0.4) is 0 Å². The summed E-state index contributed by atoms with van der Waals surface area (Å²) in [4.78, 5) is 0. The Balaban J connectivity index is 0. The first-order valence-electron chi connectivity index (χ1n) is 13.2. The number of rotatable bonds is 19. The van der Waals surface area contributed by atoms with E-state index < -0.39 is 0 Å². The molecule has 2 nitrogen and oxygen atoms in total. The highest BCUT2D eigenvalue weighted by Crippen LogP contribution is 2.11. The van der Waals surface area contributed by atoms with Crippen molar-refractivity contribution in [2.45, 2.75) is 123 Å². The molecule has 0 aromatic carbocycles. The third kappa shape index (κ3) is 35.7. The van der Waals surface area contributed by atoms with Gasteiger partial charge in [0.15, 0.2) is 0 Å². The van der Waals surface area contributed by atoms with E-state index in [0.29, 0.717) is 0 Å². The van der Waals surface area contributed by atoms with Crippen LogP contribution in [0.25, 0.3) is 0 Å². The Morgan fingerprint density at radius 2 is 0.517 bits per heavy atom. The second kappa shape index (κ2) is 21.2. The van der Waals surface area contributed by atoms with Crippen molar-refractivity contribution in [3.8, 4) is 0 Å². The van der Waals surface area contributed by atoms with Crippen LogP contribution in [0.15, 0.2) is 0 Å². The molecule has 0 saturated carbocycles. The van der Waals surface area contributed by atoms with Gasteiger partial charge in [0.05, 0.1) is 55.4 Å². The summed E-state index contributed by atoms with van der Waals surface area (Å²) in [6.07, 6.45) is 24.4. The van der Waals surface area contributed by atoms with Crippen LogP contribution >= 0.6 is 0 Å². The Hall–Kier alpha value is -0.0800. The maximum Gasteiger partial charge on any atom is 0.0780 e. The van der Waals surface area contributed by atoms with Crippen LogP contribution in [0.4, 0.5) is 0 Å². The highest BCUT2D eigenvalue weighted by Gasteiger charge is 2.05. The lowest BCUT2D eigenvalue weighted by Gasteiger charge is -2.23. The zero-order chi connectivity index (χ0) is 22.4. The Labute approximate surface area is 187 Å². The van der Waals surface area contributed by atoms with Crippen LogP contribution in [-0.2, 0) is 0 Å². The fraction of sp³-hybridized carbons (Fsp3) is 1.00. The molecule has 0 fully saturated rings. The quantitative estimate of drug-likeness (QED) is 0.148. The van der Waals surface area contributed by atoms with Gasteiger partial charge in [0.2, 0.25) is 0 Å². The third-order valence-corrected chi connectivity index (χ3v) is 5.61. The summed E-state index contributed by atoms with van der Waals surface area (Å²) in [5, 5.41) is 0. The van der Waals surface area contributed by atoms with Gasteiger partial charge in [0.25, 0.3) is 0 Å². The minimum absolute atomic E-state index is 1.12. The number of hydrogen-bond donors (Lipinski definition) is 0. The van der Waals surface area contributed by atoms with Crippen molar-refractivity contribution in [2.75, 3.05) is 55.4 Å². The Bertz CT molecular complexity index is 299. The minimum Gasteiger partial charge on any atom is -0.331 e. The second-order valence-corrected chi connectivity index (χ2v) is 11.3. The summed E-state index contributed by atoms with van der Waals surface area (Å²) >= 11 is 0. The van der Waals surface area contributed by atoms with Crippen molar-refractivity contribution in [3.63, 3.8) is 0 Å². The average molecular weight is 415 g/mol. The van der Waals surface area contributed by atoms with E-state index in [2.05, 4.69) is 56.1 Å². The molecule has 0 aromatic heterocycles. The molecule has 0 aromatic rings. The summed E-state index contributed by atoms with van der Waals surface area (Å²) in [5.41, 5.74) is 0. The zero-order valence-corrected chi connectivity index (χ0v) is 22.3. The molecule has 0 radical (unpaired) electrons. The number of nitrogens with zero attached hydrogens (tertiary/aromatic N) is 2. The molecule has 0 spiro atoms. The molecule has 0 aliphatic heterocycles. The van der Waals surface area contributed by atoms with Gasteiger partial charge < -0.3 is 8.97 Å². The van der Waals surface area contributed by atoms with Crippen LogP contribution < -0.4 is 0 Å². The molecule has 0 unspecified atom stereocenters. The molecular formula is C27H62N2+2. The molecule has 0 atom stereocenters. The minimum atomic E-state index is 1.12. The van der Waals surface area contributed by atoms with Crippen LogP contribution in [-0.4, -0.2) is 64.3 Å². The molecule has 29 heavy (non-hydrogen) atoms. The van der Waals surface area contributed by atoms with E-state index in [1.807, 2.05) is 0 Å². The van der Waals surface area contributed by atoms with Gasteiger partial charge in [-0.3, -0.25) is 0 Å². The molecule has 0 aliphatic rings. The monoisotopic (exact) mass is 414 g/mol. The lowest BCUT2D eigenvalue weighted by molar-refractivity contribution is -0.870. The van der Waals surface area contributed by atoms with Gasteiger partial charge in [0, 0.05) is 0 Å². The van der Waals surface area contributed by atoms with Crippen molar-refractivity contribution in [1.82, 2.24) is 0 Å². The van der Waals surface area contributed by atoms with Gasteiger partial charge in [0.1, 0.15) is 0 Å². The number of hydrogen-bond acceptors (Lipinski definition) is 0. The predicted octanol–water partition coefficient (Wildman–Crippen LogP) is 8.06. The zero-order valence-electron chi connectivity index (χ0n) is 22.3. The Kier molecular flexibility index (Phi) is 22.7. The van der Waals surface area contributed by atoms with E-state index in [1.165, 1.54) is 122 Å². The van der Waals surface area contributed by atoms with Gasteiger partial charge >= 0.3 is 0 Å². The van der Waals surface area contributed by atoms with Crippen molar-refractivity contribution in [1.29, 1.82) is 0 Å². The van der Waals surface area contributed by atoms with Crippen LogP contribution in [0, 0.1) is 0 Å². The smallest absolute Gasteiger partial charge is 0.0780 e. The first-order valence-corrected chi connectivity index (χ1v) is 13.2. The first-order chi connectivity index (χ1) is 13.6. The largest absolute Gasteiger partial charge is 0.331 e. The standard InChI is InChI=1S/C15H34N.C12H28N/c1-5-6-7-8-9-10-11-12-13-14-15-16(2,3)4;1-5-6-7-8-9-10-11-12-13(2,3)4/h5-15H2,1-4H3;5-12H2,1-4H3/q2*+1. The highest BCUT2D eigenvalue weighted by molar-refractivity contribution is 4.47. The molecule has 0 bridgehead atoms. The number of quaternary nitrogens is 2. The molecule has 178 valence electrons. The van der Waals surface area contributed by atoms with E-state index in [-0.39, 0.29) is 0 Å². The molecule has 0 N–H and O–H groups in total. The summed E-state index contributed by atoms with van der Waals surface area (Å²) in [6, 6.07) is 0. The highest BCUT2D eigenvalue weighted by atomic mass is 15.3. The van der Waals surface area contributed by atoms with Crippen molar-refractivity contribution >= 4 is 0 Å². The summed E-state index contributed by atoms with van der Waals surface area (Å²) in [7, 11) is 13.7. The van der Waals surface area contributed by atoms with Crippen molar-refractivity contribution in [2.24, 2.45) is 0 Å². The lowest BCUT2D eigenvalue weighted by atomic mass is 10.1. The lowest BCUT2D eigenvalue weighted by Crippen LogP contribution is -2.35. The molecular weight excluding hydrogens is 352 g/mol. The van der Waals surface area contributed by atoms with Gasteiger partial charge in [-0.05, 0) is 25.7 Å². The molecule has 0 rings (SSSR count). The SMILES string of the molecule is CCCCCCCCCCCC[N+](C)(C)C.CCCCCCCCC[N+](C)(C)C. The van der Waals surface area contributed by atoms with E-state index >= 15 is 0 Å². The van der Waals surface area contributed by atoms with Crippen LogP contribution in [0.1, 0.15) is 123 Å². The number of unbranched alkanes of at least 4 members (excludes halogenated alkanes) is 15. The van der Waals surface area contributed by atoms with Crippen LogP contribution in [0.5, 0.6) is 0 Å². The molecule has 0 aliphatic carbocycles. The topological polar surface area (TPSA) is 0 Å². The summed E-state index contributed by atoms with van der Waals surface area (Å²) < 4.78 is 2.24. The molecule has 0 heterocycles. The van der Waals surface area contributed by atoms with Gasteiger partial charge in [-0.15, -0.1) is 0 Å². The normalized spacial score (nSPS) is 12.0. The Morgan fingerprint density at radius 3 is 0.724 bits per heavy atom. The fourth-order valence-electron chi connectivity index (χ4n) is 3.62. The fourth-order valence-corrected chi connectivity index (χ4v) is 3.62. The molecule has 0 saturated heterocycles. The Morgan fingerprint density at radius 1 is 0.310 bits per heavy atom. The average Bonchev–Trinajstić information content (AvgIpc) is 2.61. The van der Waals surface area contributed by atoms with E-state index in [1.54, 1.807) is 0 Å². The van der Waals surface area contributed by atoms with Gasteiger partial charge in [-0.1, -0.05) is 97.3 Å². The summed E-state index contributed by atoms with van der Waals surface area (Å²) in [5.74, 6) is 0. The van der Waals surface area contributed by atoms with Crippen molar-refractivity contribution < 1.29 is 8.97 Å². The van der Waals surface area contributed by atoms with Gasteiger partial charge in [-0.2, -0.15) is 0 Å². The predicted molar refractivity (Wildman–Crippen MR) is 136 cm³/mol. The second-order valence-electron chi connectivity index (χ2n) is 11.3. The van der Waals surface area contributed by atoms with E-state index in [0.717, 1.165) is 8.97 Å². The first kappa shape index (κ1) is 31.1.